The smallest absolute Gasteiger partial charge is 0.305 e. The molecule has 0 radical (unpaired) electrons. The summed E-state index contributed by atoms with van der Waals surface area (Å²) in [5.41, 5.74) is 0.0824. The average Bonchev–Trinajstić information content (AvgIpc) is 2.79. The summed E-state index contributed by atoms with van der Waals surface area (Å²) in [6.45, 7) is 0.476. The van der Waals surface area contributed by atoms with Gasteiger partial charge < -0.3 is 10.0 Å². The third-order valence-electron chi connectivity index (χ3n) is 3.23. The number of carboxylic acid groups (broad SMARTS) is 1. The van der Waals surface area contributed by atoms with E-state index in [0.717, 1.165) is 6.42 Å². The number of hydrogen-bond acceptors (Lipinski definition) is 2. The molecule has 0 spiro atoms. The molecule has 0 aromatic heterocycles. The Balaban J connectivity index is 2.23. The molecule has 19 heavy (non-hydrogen) atoms. The highest BCUT2D eigenvalue weighted by molar-refractivity contribution is 6.34. The zero-order valence-corrected chi connectivity index (χ0v) is 10.9. The highest BCUT2D eigenvalue weighted by atomic mass is 35.5. The fraction of sp³-hybridized carbons (Fsp3) is 0.385. The fourth-order valence-electron chi connectivity index (χ4n) is 2.34. The second-order valence-electron chi connectivity index (χ2n) is 4.49. The first-order valence-corrected chi connectivity index (χ1v) is 6.35. The largest absolute Gasteiger partial charge is 0.481 e. The summed E-state index contributed by atoms with van der Waals surface area (Å²) >= 11 is 5.78. The molecule has 0 saturated carbocycles. The normalized spacial score (nSPS) is 18.6. The molecule has 0 bridgehead atoms. The number of halogens is 2. The van der Waals surface area contributed by atoms with Crippen LogP contribution in [0.25, 0.3) is 0 Å². The number of carbonyl (C=O) groups excluding carboxylic acids is 1. The molecule has 1 aliphatic heterocycles. The van der Waals surface area contributed by atoms with Crippen LogP contribution in [0.4, 0.5) is 4.39 Å². The van der Waals surface area contributed by atoms with Crippen LogP contribution in [0.1, 0.15) is 29.6 Å². The van der Waals surface area contributed by atoms with E-state index in [1.165, 1.54) is 23.1 Å². The van der Waals surface area contributed by atoms with Crippen LogP contribution < -0.4 is 0 Å². The molecular weight excluding hydrogens is 273 g/mol. The minimum absolute atomic E-state index is 0.0824. The molecule has 102 valence electrons. The number of carboxylic acids is 1. The Morgan fingerprint density at radius 1 is 1.47 bits per heavy atom. The molecule has 1 amide bonds. The molecule has 1 aromatic carbocycles. The predicted octanol–water partition coefficient (Wildman–Crippen LogP) is 2.56. The van der Waals surface area contributed by atoms with E-state index in [1.54, 1.807) is 0 Å². The number of amides is 1. The van der Waals surface area contributed by atoms with Crippen molar-refractivity contribution in [2.75, 3.05) is 6.54 Å². The van der Waals surface area contributed by atoms with Crippen LogP contribution in [-0.4, -0.2) is 34.5 Å². The van der Waals surface area contributed by atoms with Crippen molar-refractivity contribution in [1.29, 1.82) is 0 Å². The van der Waals surface area contributed by atoms with Crippen LogP contribution >= 0.6 is 11.6 Å². The highest BCUT2D eigenvalue weighted by Gasteiger charge is 2.32. The Morgan fingerprint density at radius 2 is 2.21 bits per heavy atom. The lowest BCUT2D eigenvalue weighted by atomic mass is 10.1. The third kappa shape index (κ3) is 2.87. The van der Waals surface area contributed by atoms with Crippen LogP contribution in [0, 0.1) is 5.82 Å². The van der Waals surface area contributed by atoms with Gasteiger partial charge in [-0.2, -0.15) is 0 Å². The monoisotopic (exact) mass is 285 g/mol. The topological polar surface area (TPSA) is 57.6 Å². The van der Waals surface area contributed by atoms with Crippen LogP contribution in [0.3, 0.4) is 0 Å². The van der Waals surface area contributed by atoms with Gasteiger partial charge in [-0.1, -0.05) is 17.7 Å². The van der Waals surface area contributed by atoms with Crippen molar-refractivity contribution in [1.82, 2.24) is 4.90 Å². The highest BCUT2D eigenvalue weighted by Crippen LogP contribution is 2.26. The standard InChI is InChI=1S/C13H13ClFNO3/c14-12-9(4-1-5-10(12)15)13(19)16-6-2-3-8(16)7-11(17)18/h1,4-5,8H,2-3,6-7H2,(H,17,18). The maximum Gasteiger partial charge on any atom is 0.305 e. The Bertz CT molecular complexity index is 521. The third-order valence-corrected chi connectivity index (χ3v) is 3.61. The van der Waals surface area contributed by atoms with Crippen LogP contribution in [0.2, 0.25) is 5.02 Å². The zero-order valence-electron chi connectivity index (χ0n) is 10.1. The summed E-state index contributed by atoms with van der Waals surface area (Å²) in [7, 11) is 0. The van der Waals surface area contributed by atoms with Gasteiger partial charge in [0.2, 0.25) is 0 Å². The van der Waals surface area contributed by atoms with Gasteiger partial charge >= 0.3 is 5.97 Å². The second kappa shape index (κ2) is 5.57. The molecular formula is C13H13ClFNO3. The number of nitrogens with zero attached hydrogens (tertiary/aromatic N) is 1. The van der Waals surface area contributed by atoms with Gasteiger partial charge in [-0.3, -0.25) is 9.59 Å². The number of aliphatic carboxylic acids is 1. The summed E-state index contributed by atoms with van der Waals surface area (Å²) in [6, 6.07) is 3.70. The number of benzene rings is 1. The van der Waals surface area contributed by atoms with Gasteiger partial charge in [-0.25, -0.2) is 4.39 Å². The summed E-state index contributed by atoms with van der Waals surface area (Å²) < 4.78 is 13.3. The van der Waals surface area contributed by atoms with E-state index >= 15 is 0 Å². The Labute approximate surface area is 114 Å². The van der Waals surface area contributed by atoms with E-state index < -0.39 is 17.7 Å². The molecule has 1 heterocycles. The minimum Gasteiger partial charge on any atom is -0.481 e. The molecule has 1 unspecified atom stereocenters. The van der Waals surface area contributed by atoms with E-state index in [9.17, 15) is 14.0 Å². The van der Waals surface area contributed by atoms with Gasteiger partial charge in [0, 0.05) is 12.6 Å². The summed E-state index contributed by atoms with van der Waals surface area (Å²) in [6.07, 6.45) is 1.29. The molecule has 1 aliphatic rings. The zero-order chi connectivity index (χ0) is 14.0. The molecule has 0 aliphatic carbocycles. The van der Waals surface area contributed by atoms with E-state index in [4.69, 9.17) is 16.7 Å². The SMILES string of the molecule is O=C(O)CC1CCCN1C(=O)c1cccc(F)c1Cl. The molecule has 6 heteroatoms. The van der Waals surface area contributed by atoms with Crippen molar-refractivity contribution in [3.63, 3.8) is 0 Å². The number of likely N-dealkylation sites (tertiary alicyclic amines) is 1. The second-order valence-corrected chi connectivity index (χ2v) is 4.87. The average molecular weight is 286 g/mol. The summed E-state index contributed by atoms with van der Waals surface area (Å²) in [5, 5.41) is 8.60. The number of carbonyl (C=O) groups is 2. The van der Waals surface area contributed by atoms with Crippen LogP contribution in [0.15, 0.2) is 18.2 Å². The molecule has 4 nitrogen and oxygen atoms in total. The quantitative estimate of drug-likeness (QED) is 0.928. The Morgan fingerprint density at radius 3 is 2.89 bits per heavy atom. The van der Waals surface area contributed by atoms with Crippen LogP contribution in [0.5, 0.6) is 0 Å². The van der Waals surface area contributed by atoms with Gasteiger partial charge in [0.1, 0.15) is 5.82 Å². The Kier molecular flexibility index (Phi) is 4.04. The van der Waals surface area contributed by atoms with Gasteiger partial charge in [0.25, 0.3) is 5.91 Å². The van der Waals surface area contributed by atoms with Crippen LogP contribution in [-0.2, 0) is 4.79 Å². The molecule has 1 aromatic rings. The van der Waals surface area contributed by atoms with E-state index in [2.05, 4.69) is 0 Å². The Hall–Kier alpha value is -1.62. The first kappa shape index (κ1) is 13.8. The fourth-order valence-corrected chi connectivity index (χ4v) is 2.55. The van der Waals surface area contributed by atoms with Crippen molar-refractivity contribution in [3.8, 4) is 0 Å². The number of rotatable bonds is 3. The molecule has 1 atom stereocenters. The number of hydrogen-bond donors (Lipinski definition) is 1. The molecule has 1 N–H and O–H groups in total. The lowest BCUT2D eigenvalue weighted by molar-refractivity contribution is -0.137. The van der Waals surface area contributed by atoms with Gasteiger partial charge in [-0.05, 0) is 25.0 Å². The first-order valence-electron chi connectivity index (χ1n) is 5.97. The molecule has 2 rings (SSSR count). The van der Waals surface area contributed by atoms with E-state index in [-0.39, 0.29) is 23.0 Å². The van der Waals surface area contributed by atoms with Gasteiger partial charge in [0.15, 0.2) is 0 Å². The molecule has 1 saturated heterocycles. The predicted molar refractivity (Wildman–Crippen MR) is 67.7 cm³/mol. The van der Waals surface area contributed by atoms with Crippen molar-refractivity contribution < 1.29 is 19.1 Å². The summed E-state index contributed by atoms with van der Waals surface area (Å²) in [5.74, 6) is -2.01. The van der Waals surface area contributed by atoms with Gasteiger partial charge in [-0.15, -0.1) is 0 Å². The van der Waals surface area contributed by atoms with E-state index in [0.29, 0.717) is 13.0 Å². The maximum absolute atomic E-state index is 13.3. The lowest BCUT2D eigenvalue weighted by Crippen LogP contribution is -2.37. The van der Waals surface area contributed by atoms with Crippen molar-refractivity contribution in [3.05, 3.63) is 34.6 Å². The van der Waals surface area contributed by atoms with Gasteiger partial charge in [0.05, 0.1) is 17.0 Å². The van der Waals surface area contributed by atoms with Crippen molar-refractivity contribution in [2.24, 2.45) is 0 Å². The van der Waals surface area contributed by atoms with Crippen molar-refractivity contribution in [2.45, 2.75) is 25.3 Å². The molecule has 1 fully saturated rings. The minimum atomic E-state index is -0.949. The lowest BCUT2D eigenvalue weighted by Gasteiger charge is -2.24. The van der Waals surface area contributed by atoms with Crippen molar-refractivity contribution >= 4 is 23.5 Å². The summed E-state index contributed by atoms with van der Waals surface area (Å²) in [4.78, 5) is 24.5. The maximum atomic E-state index is 13.3. The van der Waals surface area contributed by atoms with E-state index in [1.807, 2.05) is 0 Å². The first-order chi connectivity index (χ1) is 9.00.